The third-order valence-electron chi connectivity index (χ3n) is 2.64. The van der Waals surface area contributed by atoms with E-state index in [0.29, 0.717) is 18.7 Å². The van der Waals surface area contributed by atoms with Crippen molar-refractivity contribution in [2.24, 2.45) is 0 Å². The van der Waals surface area contributed by atoms with Gasteiger partial charge in [-0.15, -0.1) is 5.73 Å². The molecular weight excluding hydrogens is 222 g/mol. The molecule has 2 nitrogen and oxygen atoms in total. The number of carbonyl (C=O) groups excluding carboxylic acids is 1. The Hall–Kier alpha value is -1.79. The summed E-state index contributed by atoms with van der Waals surface area (Å²) in [4.78, 5) is 14.1. The standard InChI is InChI=1S/C16H21NO/c1-5-17(12-15-9-7-6-8-10-15)16(18)14(4)11-13(2)3/h6-10H,5,12H2,1-4H3. The van der Waals surface area contributed by atoms with Crippen LogP contribution in [0.15, 0.2) is 47.2 Å². The van der Waals surface area contributed by atoms with Gasteiger partial charge in [0.05, 0.1) is 5.57 Å². The molecule has 0 radical (unpaired) electrons. The van der Waals surface area contributed by atoms with Crippen molar-refractivity contribution in [3.8, 4) is 0 Å². The summed E-state index contributed by atoms with van der Waals surface area (Å²) in [6.45, 7) is 9.07. The first-order valence-electron chi connectivity index (χ1n) is 6.28. The second kappa shape index (κ2) is 6.83. The van der Waals surface area contributed by atoms with Gasteiger partial charge < -0.3 is 4.90 Å². The van der Waals surface area contributed by atoms with E-state index in [2.05, 4.69) is 5.73 Å². The zero-order valence-electron chi connectivity index (χ0n) is 11.7. The largest absolute Gasteiger partial charge is 0.334 e. The van der Waals surface area contributed by atoms with Crippen molar-refractivity contribution < 1.29 is 4.79 Å². The summed E-state index contributed by atoms with van der Waals surface area (Å²) in [6, 6.07) is 10.0. The highest BCUT2D eigenvalue weighted by atomic mass is 16.2. The van der Waals surface area contributed by atoms with E-state index in [4.69, 9.17) is 0 Å². The van der Waals surface area contributed by atoms with Gasteiger partial charge in [0.25, 0.3) is 5.91 Å². The van der Waals surface area contributed by atoms with Gasteiger partial charge in [-0.05, 0) is 38.8 Å². The fourth-order valence-electron chi connectivity index (χ4n) is 1.80. The predicted octanol–water partition coefficient (Wildman–Crippen LogP) is 3.55. The number of carbonyl (C=O) groups is 1. The van der Waals surface area contributed by atoms with Gasteiger partial charge in [-0.25, -0.2) is 0 Å². The van der Waals surface area contributed by atoms with Crippen LogP contribution in [0.5, 0.6) is 0 Å². The molecular formula is C16H21NO. The van der Waals surface area contributed by atoms with Crippen LogP contribution in [0, 0.1) is 0 Å². The Bertz CT molecular complexity index is 463. The molecule has 2 heteroatoms. The molecule has 0 fully saturated rings. The third-order valence-corrected chi connectivity index (χ3v) is 2.64. The minimum absolute atomic E-state index is 0.0579. The van der Waals surface area contributed by atoms with Gasteiger partial charge in [0, 0.05) is 13.1 Å². The molecule has 1 rings (SSSR count). The van der Waals surface area contributed by atoms with E-state index in [1.165, 1.54) is 0 Å². The molecule has 0 N–H and O–H groups in total. The van der Waals surface area contributed by atoms with Crippen LogP contribution in [0.2, 0.25) is 0 Å². The third kappa shape index (κ3) is 4.23. The first kappa shape index (κ1) is 14.3. The topological polar surface area (TPSA) is 20.3 Å². The number of benzene rings is 1. The molecule has 1 aromatic carbocycles. The number of amides is 1. The summed E-state index contributed by atoms with van der Waals surface area (Å²) < 4.78 is 0. The second-order valence-electron chi connectivity index (χ2n) is 4.55. The molecule has 1 aromatic rings. The summed E-state index contributed by atoms with van der Waals surface area (Å²) in [7, 11) is 0. The Morgan fingerprint density at radius 2 is 1.78 bits per heavy atom. The Labute approximate surface area is 110 Å². The lowest BCUT2D eigenvalue weighted by atomic mass is 10.2. The van der Waals surface area contributed by atoms with Crippen LogP contribution in [0.3, 0.4) is 0 Å². The van der Waals surface area contributed by atoms with Gasteiger partial charge in [-0.2, -0.15) is 0 Å². The lowest BCUT2D eigenvalue weighted by molar-refractivity contribution is -0.127. The van der Waals surface area contributed by atoms with Crippen molar-refractivity contribution in [3.63, 3.8) is 0 Å². The number of nitrogens with zero attached hydrogens (tertiary/aromatic N) is 1. The molecule has 18 heavy (non-hydrogen) atoms. The molecule has 0 aliphatic carbocycles. The van der Waals surface area contributed by atoms with E-state index >= 15 is 0 Å². The molecule has 0 atom stereocenters. The summed E-state index contributed by atoms with van der Waals surface area (Å²) in [5.41, 5.74) is 5.93. The highest BCUT2D eigenvalue weighted by Gasteiger charge is 2.13. The SMILES string of the molecule is CCN(Cc1ccccc1)C(=O)C(C)=C=C(C)C. The molecule has 1 amide bonds. The van der Waals surface area contributed by atoms with Crippen LogP contribution < -0.4 is 0 Å². The van der Waals surface area contributed by atoms with Crippen molar-refractivity contribution in [2.45, 2.75) is 34.2 Å². The Morgan fingerprint density at radius 3 is 2.28 bits per heavy atom. The fraction of sp³-hybridized carbons (Fsp3) is 0.375. The molecule has 0 aromatic heterocycles. The van der Waals surface area contributed by atoms with E-state index in [1.54, 1.807) is 0 Å². The highest BCUT2D eigenvalue weighted by molar-refractivity contribution is 5.92. The molecule has 0 saturated carbocycles. The van der Waals surface area contributed by atoms with Crippen molar-refractivity contribution in [1.82, 2.24) is 4.90 Å². The van der Waals surface area contributed by atoms with Gasteiger partial charge in [-0.3, -0.25) is 4.79 Å². The predicted molar refractivity (Wildman–Crippen MR) is 75.1 cm³/mol. The van der Waals surface area contributed by atoms with Crippen LogP contribution in [0.1, 0.15) is 33.3 Å². The average molecular weight is 243 g/mol. The number of likely N-dealkylation sites (N-methyl/N-ethyl adjacent to an activating group) is 1. The van der Waals surface area contributed by atoms with Crippen LogP contribution in [0.4, 0.5) is 0 Å². The van der Waals surface area contributed by atoms with Gasteiger partial charge >= 0.3 is 0 Å². The summed E-state index contributed by atoms with van der Waals surface area (Å²) >= 11 is 0. The maximum atomic E-state index is 12.2. The minimum atomic E-state index is 0.0579. The maximum absolute atomic E-state index is 12.2. The first-order valence-corrected chi connectivity index (χ1v) is 6.28. The Kier molecular flexibility index (Phi) is 5.41. The summed E-state index contributed by atoms with van der Waals surface area (Å²) in [6.07, 6.45) is 0. The summed E-state index contributed by atoms with van der Waals surface area (Å²) in [5, 5.41) is 0. The second-order valence-corrected chi connectivity index (χ2v) is 4.55. The fourth-order valence-corrected chi connectivity index (χ4v) is 1.80. The quantitative estimate of drug-likeness (QED) is 0.585. The molecule has 0 bridgehead atoms. The normalized spacial score (nSPS) is 9.56. The minimum Gasteiger partial charge on any atom is -0.334 e. The van der Waals surface area contributed by atoms with Crippen LogP contribution >= 0.6 is 0 Å². The molecule has 0 saturated heterocycles. The van der Waals surface area contributed by atoms with E-state index in [9.17, 15) is 4.79 Å². The molecule has 0 aliphatic heterocycles. The van der Waals surface area contributed by atoms with Crippen molar-refractivity contribution in [2.75, 3.05) is 6.54 Å². The molecule has 0 spiro atoms. The van der Waals surface area contributed by atoms with Crippen LogP contribution in [-0.2, 0) is 11.3 Å². The number of rotatable bonds is 4. The first-order chi connectivity index (χ1) is 8.54. The van der Waals surface area contributed by atoms with Crippen molar-refractivity contribution >= 4 is 5.91 Å². The van der Waals surface area contributed by atoms with Crippen molar-refractivity contribution in [1.29, 1.82) is 0 Å². The van der Waals surface area contributed by atoms with E-state index in [0.717, 1.165) is 11.1 Å². The number of hydrogen-bond donors (Lipinski definition) is 0. The Balaban J connectivity index is 2.85. The Morgan fingerprint density at radius 1 is 1.17 bits per heavy atom. The zero-order chi connectivity index (χ0) is 13.5. The maximum Gasteiger partial charge on any atom is 0.257 e. The number of hydrogen-bond acceptors (Lipinski definition) is 1. The summed E-state index contributed by atoms with van der Waals surface area (Å²) in [5.74, 6) is 0.0579. The van der Waals surface area contributed by atoms with Gasteiger partial charge in [0.1, 0.15) is 0 Å². The average Bonchev–Trinajstić information content (AvgIpc) is 2.35. The monoisotopic (exact) mass is 243 g/mol. The molecule has 0 unspecified atom stereocenters. The van der Waals surface area contributed by atoms with Crippen LogP contribution in [0.25, 0.3) is 0 Å². The lowest BCUT2D eigenvalue weighted by Crippen LogP contribution is -2.30. The van der Waals surface area contributed by atoms with Gasteiger partial charge in [0.2, 0.25) is 0 Å². The van der Waals surface area contributed by atoms with Gasteiger partial charge in [-0.1, -0.05) is 30.3 Å². The van der Waals surface area contributed by atoms with Crippen molar-refractivity contribution in [3.05, 3.63) is 52.8 Å². The zero-order valence-corrected chi connectivity index (χ0v) is 11.7. The molecule has 96 valence electrons. The smallest absolute Gasteiger partial charge is 0.257 e. The van der Waals surface area contributed by atoms with E-state index in [-0.39, 0.29) is 5.91 Å². The highest BCUT2D eigenvalue weighted by Crippen LogP contribution is 2.08. The molecule has 0 aliphatic rings. The van der Waals surface area contributed by atoms with Gasteiger partial charge in [0.15, 0.2) is 0 Å². The molecule has 0 heterocycles. The lowest BCUT2D eigenvalue weighted by Gasteiger charge is -2.20. The van der Waals surface area contributed by atoms with E-state index < -0.39 is 0 Å². The van der Waals surface area contributed by atoms with Crippen LogP contribution in [-0.4, -0.2) is 17.4 Å². The van der Waals surface area contributed by atoms with E-state index in [1.807, 2.05) is 62.9 Å².